The summed E-state index contributed by atoms with van der Waals surface area (Å²) in [6, 6.07) is 3.37. The van der Waals surface area contributed by atoms with E-state index in [-0.39, 0.29) is 5.69 Å². The Morgan fingerprint density at radius 2 is 2.05 bits per heavy atom. The second-order valence-electron chi connectivity index (χ2n) is 4.60. The van der Waals surface area contributed by atoms with Crippen LogP contribution in [0, 0.1) is 0 Å². The van der Waals surface area contributed by atoms with Gasteiger partial charge in [-0.05, 0) is 37.8 Å². The first-order chi connectivity index (χ1) is 9.74. The monoisotopic (exact) mass is 287 g/mol. The molecule has 6 heteroatoms. The first-order valence-corrected chi connectivity index (χ1v) is 7.25. The highest BCUT2D eigenvalue weighted by Crippen LogP contribution is 2.32. The smallest absolute Gasteiger partial charge is 0.354 e. The molecule has 0 radical (unpaired) electrons. The predicted octanol–water partition coefficient (Wildman–Crippen LogP) is 2.60. The molecule has 0 fully saturated rings. The molecule has 0 aromatic carbocycles. The summed E-state index contributed by atoms with van der Waals surface area (Å²) < 4.78 is 0. The van der Waals surface area contributed by atoms with Crippen LogP contribution < -0.4 is 0 Å². The van der Waals surface area contributed by atoms with Crippen molar-refractivity contribution < 1.29 is 9.90 Å². The van der Waals surface area contributed by atoms with Gasteiger partial charge in [0, 0.05) is 22.3 Å². The van der Waals surface area contributed by atoms with Crippen LogP contribution in [0.15, 0.2) is 34.6 Å². The van der Waals surface area contributed by atoms with E-state index in [4.69, 9.17) is 5.11 Å². The van der Waals surface area contributed by atoms with Gasteiger partial charge in [-0.3, -0.25) is 0 Å². The highest BCUT2D eigenvalue weighted by atomic mass is 32.2. The zero-order valence-corrected chi connectivity index (χ0v) is 11.6. The number of fused-ring (bicyclic) bond motifs is 1. The van der Waals surface area contributed by atoms with Crippen molar-refractivity contribution in [3.05, 3.63) is 41.6 Å². The van der Waals surface area contributed by atoms with Crippen LogP contribution in [0.2, 0.25) is 0 Å². The average molecular weight is 287 g/mol. The Labute approximate surface area is 120 Å². The van der Waals surface area contributed by atoms with E-state index in [1.165, 1.54) is 29.9 Å². The molecule has 5 nitrogen and oxygen atoms in total. The van der Waals surface area contributed by atoms with Gasteiger partial charge in [-0.25, -0.2) is 19.7 Å². The Kier molecular flexibility index (Phi) is 3.64. The minimum atomic E-state index is -1.02. The van der Waals surface area contributed by atoms with Gasteiger partial charge in [-0.15, -0.1) is 0 Å². The third kappa shape index (κ3) is 2.65. The highest BCUT2D eigenvalue weighted by molar-refractivity contribution is 7.99. The maximum atomic E-state index is 10.9. The maximum absolute atomic E-state index is 10.9. The zero-order chi connectivity index (χ0) is 13.9. The standard InChI is InChI=1S/C14H13N3O2S/c18-14(19)12-7-9(5-6-15-12)20-13-10-3-1-2-4-11(10)16-8-17-13/h5-8H,1-4H2,(H,18,19). The Morgan fingerprint density at radius 1 is 1.20 bits per heavy atom. The lowest BCUT2D eigenvalue weighted by Gasteiger charge is -2.16. The second-order valence-corrected chi connectivity index (χ2v) is 5.66. The topological polar surface area (TPSA) is 76.0 Å². The first-order valence-electron chi connectivity index (χ1n) is 6.44. The molecule has 2 heterocycles. The molecule has 3 rings (SSSR count). The van der Waals surface area contributed by atoms with Crippen molar-refractivity contribution in [3.8, 4) is 0 Å². The van der Waals surface area contributed by atoms with Crippen molar-refractivity contribution >= 4 is 17.7 Å². The Bertz CT molecular complexity index is 661. The van der Waals surface area contributed by atoms with Crippen LogP contribution >= 0.6 is 11.8 Å². The molecule has 0 aliphatic heterocycles. The molecule has 102 valence electrons. The van der Waals surface area contributed by atoms with Gasteiger partial charge in [-0.1, -0.05) is 11.8 Å². The van der Waals surface area contributed by atoms with E-state index in [9.17, 15) is 4.79 Å². The molecule has 2 aromatic heterocycles. The Balaban J connectivity index is 1.91. The molecule has 20 heavy (non-hydrogen) atoms. The normalized spacial score (nSPS) is 13.8. The number of hydrogen-bond donors (Lipinski definition) is 1. The van der Waals surface area contributed by atoms with Gasteiger partial charge in [-0.2, -0.15) is 0 Å². The third-order valence-electron chi connectivity index (χ3n) is 3.25. The minimum absolute atomic E-state index is 0.0536. The number of hydrogen-bond acceptors (Lipinski definition) is 5. The minimum Gasteiger partial charge on any atom is -0.477 e. The van der Waals surface area contributed by atoms with E-state index in [2.05, 4.69) is 15.0 Å². The lowest BCUT2D eigenvalue weighted by molar-refractivity contribution is 0.0690. The average Bonchev–Trinajstić information content (AvgIpc) is 2.48. The van der Waals surface area contributed by atoms with Crippen LogP contribution in [0.4, 0.5) is 0 Å². The van der Waals surface area contributed by atoms with Crippen molar-refractivity contribution in [2.24, 2.45) is 0 Å². The number of nitrogens with zero attached hydrogens (tertiary/aromatic N) is 3. The van der Waals surface area contributed by atoms with Crippen molar-refractivity contribution in [3.63, 3.8) is 0 Å². The van der Waals surface area contributed by atoms with Gasteiger partial charge in [0.2, 0.25) is 0 Å². The van der Waals surface area contributed by atoms with Crippen LogP contribution in [0.5, 0.6) is 0 Å². The van der Waals surface area contributed by atoms with Crippen LogP contribution in [-0.2, 0) is 12.8 Å². The maximum Gasteiger partial charge on any atom is 0.354 e. The number of rotatable bonds is 3. The summed E-state index contributed by atoms with van der Waals surface area (Å²) in [6.45, 7) is 0. The van der Waals surface area contributed by atoms with Gasteiger partial charge in [0.1, 0.15) is 17.0 Å². The van der Waals surface area contributed by atoms with E-state index in [1.54, 1.807) is 18.5 Å². The van der Waals surface area contributed by atoms with Gasteiger partial charge in [0.15, 0.2) is 0 Å². The summed E-state index contributed by atoms with van der Waals surface area (Å²) in [7, 11) is 0. The van der Waals surface area contributed by atoms with E-state index in [0.29, 0.717) is 0 Å². The van der Waals surface area contributed by atoms with Crippen LogP contribution in [-0.4, -0.2) is 26.0 Å². The highest BCUT2D eigenvalue weighted by Gasteiger charge is 2.16. The number of aromatic nitrogens is 3. The van der Waals surface area contributed by atoms with Crippen LogP contribution in [0.3, 0.4) is 0 Å². The van der Waals surface area contributed by atoms with Gasteiger partial charge < -0.3 is 5.11 Å². The summed E-state index contributed by atoms with van der Waals surface area (Å²) in [4.78, 5) is 24.3. The lowest BCUT2D eigenvalue weighted by Crippen LogP contribution is -2.08. The first kappa shape index (κ1) is 13.1. The molecular formula is C14H13N3O2S. The number of carboxylic acid groups (broad SMARTS) is 1. The molecule has 0 saturated carbocycles. The summed E-state index contributed by atoms with van der Waals surface area (Å²) in [6.07, 6.45) is 7.43. The molecule has 0 amide bonds. The molecule has 2 aromatic rings. The number of pyridine rings is 1. The van der Waals surface area contributed by atoms with Crippen molar-refractivity contribution in [1.82, 2.24) is 15.0 Å². The van der Waals surface area contributed by atoms with Crippen LogP contribution in [0.1, 0.15) is 34.6 Å². The van der Waals surface area contributed by atoms with Crippen molar-refractivity contribution in [2.75, 3.05) is 0 Å². The molecule has 0 saturated heterocycles. The quantitative estimate of drug-likeness (QED) is 0.874. The fourth-order valence-corrected chi connectivity index (χ4v) is 3.25. The van der Waals surface area contributed by atoms with Crippen molar-refractivity contribution in [2.45, 2.75) is 35.6 Å². The third-order valence-corrected chi connectivity index (χ3v) is 4.29. The van der Waals surface area contributed by atoms with E-state index in [0.717, 1.165) is 34.9 Å². The van der Waals surface area contributed by atoms with Gasteiger partial charge in [0.25, 0.3) is 0 Å². The molecule has 0 unspecified atom stereocenters. The summed E-state index contributed by atoms with van der Waals surface area (Å²) in [5, 5.41) is 9.90. The number of aryl methyl sites for hydroxylation is 1. The van der Waals surface area contributed by atoms with Gasteiger partial charge in [0.05, 0.1) is 0 Å². The second kappa shape index (κ2) is 5.58. The fourth-order valence-electron chi connectivity index (χ4n) is 2.28. The number of aromatic carboxylic acids is 1. The molecule has 1 aliphatic carbocycles. The SMILES string of the molecule is O=C(O)c1cc(Sc2ncnc3c2CCCC3)ccn1. The lowest BCUT2D eigenvalue weighted by atomic mass is 9.98. The number of carbonyl (C=O) groups is 1. The summed E-state index contributed by atoms with van der Waals surface area (Å²) >= 11 is 1.48. The molecular weight excluding hydrogens is 274 g/mol. The fraction of sp³-hybridized carbons (Fsp3) is 0.286. The Morgan fingerprint density at radius 3 is 2.90 bits per heavy atom. The molecule has 1 N–H and O–H groups in total. The van der Waals surface area contributed by atoms with Crippen LogP contribution in [0.25, 0.3) is 0 Å². The number of carboxylic acids is 1. The summed E-state index contributed by atoms with van der Waals surface area (Å²) in [5.41, 5.74) is 2.39. The predicted molar refractivity (Wildman–Crippen MR) is 74.0 cm³/mol. The zero-order valence-electron chi connectivity index (χ0n) is 10.7. The molecule has 1 aliphatic rings. The van der Waals surface area contributed by atoms with Gasteiger partial charge >= 0.3 is 5.97 Å². The van der Waals surface area contributed by atoms with E-state index < -0.39 is 5.97 Å². The Hall–Kier alpha value is -1.95. The largest absolute Gasteiger partial charge is 0.477 e. The van der Waals surface area contributed by atoms with E-state index in [1.807, 2.05) is 0 Å². The van der Waals surface area contributed by atoms with Crippen molar-refractivity contribution in [1.29, 1.82) is 0 Å². The van der Waals surface area contributed by atoms with E-state index >= 15 is 0 Å². The molecule has 0 spiro atoms. The summed E-state index contributed by atoms with van der Waals surface area (Å²) in [5.74, 6) is -1.02. The molecule has 0 bridgehead atoms. The molecule has 0 atom stereocenters.